The third kappa shape index (κ3) is 4.29. The number of nitrogens with zero attached hydrogens (tertiary/aromatic N) is 6. The number of hydrogen-bond donors (Lipinski definition) is 0. The van der Waals surface area contributed by atoms with E-state index in [9.17, 15) is 8.42 Å². The Labute approximate surface area is 134 Å². The van der Waals surface area contributed by atoms with E-state index in [0.717, 1.165) is 5.69 Å². The van der Waals surface area contributed by atoms with Crippen molar-refractivity contribution in [1.29, 1.82) is 0 Å². The number of hydrogen-bond acceptors (Lipinski definition) is 6. The molecule has 0 fully saturated rings. The largest absolute Gasteiger partial charge is 0.378 e. The van der Waals surface area contributed by atoms with Crippen molar-refractivity contribution < 1.29 is 8.42 Å². The Bertz CT molecular complexity index is 864. The zero-order chi connectivity index (χ0) is 16.8. The van der Waals surface area contributed by atoms with Crippen molar-refractivity contribution in [3.8, 4) is 0 Å². The lowest BCUT2D eigenvalue weighted by Gasteiger charge is -2.11. The molecule has 0 saturated heterocycles. The van der Waals surface area contributed by atoms with E-state index in [-0.39, 0.29) is 17.0 Å². The van der Waals surface area contributed by atoms with Gasteiger partial charge in [-0.2, -0.15) is 18.6 Å². The van der Waals surface area contributed by atoms with Gasteiger partial charge in [-0.15, -0.1) is 0 Å². The minimum Gasteiger partial charge on any atom is -0.378 e. The number of azide groups is 1. The summed E-state index contributed by atoms with van der Waals surface area (Å²) in [4.78, 5) is 4.81. The number of anilines is 1. The van der Waals surface area contributed by atoms with Crippen LogP contribution in [0, 0.1) is 0 Å². The van der Waals surface area contributed by atoms with Gasteiger partial charge in [0.1, 0.15) is 0 Å². The molecule has 1 aromatic carbocycles. The molecule has 0 spiro atoms. The molecular formula is C14H14N6O2S. The van der Waals surface area contributed by atoms with Gasteiger partial charge in [-0.3, -0.25) is 0 Å². The van der Waals surface area contributed by atoms with Crippen molar-refractivity contribution in [3.63, 3.8) is 0 Å². The highest BCUT2D eigenvalue weighted by atomic mass is 32.2. The second-order valence-corrected chi connectivity index (χ2v) is 5.84. The molecule has 118 valence electrons. The average molecular weight is 330 g/mol. The van der Waals surface area contributed by atoms with E-state index in [2.05, 4.69) is 20.3 Å². The first-order valence-electron chi connectivity index (χ1n) is 6.62. The molecule has 1 aliphatic carbocycles. The van der Waals surface area contributed by atoms with Gasteiger partial charge in [-0.05, 0) is 41.9 Å². The summed E-state index contributed by atoms with van der Waals surface area (Å²) in [7, 11) is 1.52. The minimum atomic E-state index is -2.35. The second kappa shape index (κ2) is 7.39. The van der Waals surface area contributed by atoms with E-state index >= 15 is 0 Å². The Morgan fingerprint density at radius 3 is 2.39 bits per heavy atom. The van der Waals surface area contributed by atoms with E-state index in [0.29, 0.717) is 11.4 Å². The van der Waals surface area contributed by atoms with Crippen molar-refractivity contribution in [3.05, 3.63) is 58.3 Å². The van der Waals surface area contributed by atoms with Crippen LogP contribution in [-0.2, 0) is 10.3 Å². The maximum absolute atomic E-state index is 11.0. The van der Waals surface area contributed by atoms with Gasteiger partial charge in [0.2, 0.25) is 10.3 Å². The van der Waals surface area contributed by atoms with Gasteiger partial charge in [0.15, 0.2) is 0 Å². The molecule has 0 heterocycles. The molecule has 23 heavy (non-hydrogen) atoms. The maximum Gasteiger partial charge on any atom is 0.217 e. The summed E-state index contributed by atoms with van der Waals surface area (Å²) < 4.78 is 21.9. The van der Waals surface area contributed by atoms with E-state index in [1.54, 1.807) is 0 Å². The standard InChI is InChI=1S/C14H14N6O2S/c1-20(2)11-5-3-10(4-6-11)16-17-13-8-7-12(23(21)22)9-14(13)18-19-15/h3-8H,9H2,1-2H3. The van der Waals surface area contributed by atoms with Crippen molar-refractivity contribution in [2.24, 2.45) is 15.3 Å². The van der Waals surface area contributed by atoms with Crippen LogP contribution < -0.4 is 4.90 Å². The molecule has 1 aromatic rings. The predicted molar refractivity (Wildman–Crippen MR) is 89.1 cm³/mol. The van der Waals surface area contributed by atoms with Crippen LogP contribution in [0.2, 0.25) is 0 Å². The summed E-state index contributed by atoms with van der Waals surface area (Å²) in [5, 5.41) is 11.6. The van der Waals surface area contributed by atoms with Crippen molar-refractivity contribution in [2.75, 3.05) is 19.0 Å². The van der Waals surface area contributed by atoms with E-state index in [4.69, 9.17) is 5.53 Å². The Morgan fingerprint density at radius 1 is 1.13 bits per heavy atom. The molecule has 0 radical (unpaired) electrons. The van der Waals surface area contributed by atoms with Crippen LogP contribution in [-0.4, -0.2) is 27.4 Å². The first kappa shape index (κ1) is 16.5. The highest BCUT2D eigenvalue weighted by molar-refractivity contribution is 7.73. The molecule has 1 aliphatic rings. The van der Waals surface area contributed by atoms with Gasteiger partial charge in [0.25, 0.3) is 0 Å². The second-order valence-electron chi connectivity index (χ2n) is 4.84. The summed E-state index contributed by atoms with van der Waals surface area (Å²) in [6.07, 6.45) is 2.89. The minimum absolute atomic E-state index is 0.00456. The zero-order valence-electron chi connectivity index (χ0n) is 12.6. The first-order chi connectivity index (χ1) is 11.0. The lowest BCUT2D eigenvalue weighted by Crippen LogP contribution is -2.07. The van der Waals surface area contributed by atoms with Crippen LogP contribution in [0.4, 0.5) is 11.4 Å². The highest BCUT2D eigenvalue weighted by Crippen LogP contribution is 2.23. The Morgan fingerprint density at radius 2 is 1.83 bits per heavy atom. The lowest BCUT2D eigenvalue weighted by molar-refractivity contribution is 0.627. The monoisotopic (exact) mass is 330 g/mol. The van der Waals surface area contributed by atoms with Gasteiger partial charge < -0.3 is 4.90 Å². The van der Waals surface area contributed by atoms with Crippen molar-refractivity contribution in [2.45, 2.75) is 6.42 Å². The zero-order valence-corrected chi connectivity index (χ0v) is 13.4. The molecule has 0 aliphatic heterocycles. The van der Waals surface area contributed by atoms with Crippen LogP contribution in [0.15, 0.2) is 63.2 Å². The topological polar surface area (TPSA) is 111 Å². The lowest BCUT2D eigenvalue weighted by atomic mass is 10.1. The van der Waals surface area contributed by atoms with Crippen LogP contribution in [0.3, 0.4) is 0 Å². The quantitative estimate of drug-likeness (QED) is 0.365. The van der Waals surface area contributed by atoms with Crippen molar-refractivity contribution >= 4 is 26.5 Å². The molecule has 9 heteroatoms. The van der Waals surface area contributed by atoms with Crippen LogP contribution in [0.25, 0.3) is 10.4 Å². The fourth-order valence-corrected chi connectivity index (χ4v) is 2.29. The molecule has 0 bridgehead atoms. The van der Waals surface area contributed by atoms with E-state index < -0.39 is 10.3 Å². The average Bonchev–Trinajstić information content (AvgIpc) is 2.54. The van der Waals surface area contributed by atoms with Crippen molar-refractivity contribution in [1.82, 2.24) is 0 Å². The Kier molecular flexibility index (Phi) is 5.29. The SMILES string of the molecule is CN(C)c1ccc(N=NC2=C(N=[N+]=[N-])CC(=S(=O)=O)C=C2)cc1. The molecule has 0 amide bonds. The first-order valence-corrected chi connectivity index (χ1v) is 7.69. The molecule has 0 atom stereocenters. The summed E-state index contributed by atoms with van der Waals surface area (Å²) in [6.45, 7) is 0. The Hall–Kier alpha value is -2.90. The van der Waals surface area contributed by atoms with Gasteiger partial charge in [0, 0.05) is 36.8 Å². The highest BCUT2D eigenvalue weighted by Gasteiger charge is 2.12. The third-order valence-electron chi connectivity index (χ3n) is 3.08. The van der Waals surface area contributed by atoms with Gasteiger partial charge in [-0.1, -0.05) is 5.11 Å². The molecule has 8 nitrogen and oxygen atoms in total. The number of rotatable bonds is 4. The third-order valence-corrected chi connectivity index (χ3v) is 3.79. The normalized spacial score (nSPS) is 14.1. The van der Waals surface area contributed by atoms with E-state index in [1.807, 2.05) is 43.3 Å². The van der Waals surface area contributed by atoms with Crippen LogP contribution in [0.5, 0.6) is 0 Å². The van der Waals surface area contributed by atoms with Gasteiger partial charge in [0.05, 0.1) is 16.2 Å². The summed E-state index contributed by atoms with van der Waals surface area (Å²) >= 11 is 0. The fraction of sp³-hybridized carbons (Fsp3) is 0.214. The number of allylic oxidation sites excluding steroid dienone is 3. The van der Waals surface area contributed by atoms with E-state index in [1.165, 1.54) is 12.2 Å². The predicted octanol–water partition coefficient (Wildman–Crippen LogP) is 3.37. The van der Waals surface area contributed by atoms with Gasteiger partial charge in [-0.25, -0.2) is 0 Å². The maximum atomic E-state index is 11.0. The summed E-state index contributed by atoms with van der Waals surface area (Å²) in [5.41, 5.74) is 10.8. The summed E-state index contributed by atoms with van der Waals surface area (Å²) in [6, 6.07) is 7.42. The number of azo groups is 1. The number of benzene rings is 1. The van der Waals surface area contributed by atoms with Crippen LogP contribution >= 0.6 is 0 Å². The van der Waals surface area contributed by atoms with Crippen LogP contribution in [0.1, 0.15) is 6.42 Å². The summed E-state index contributed by atoms with van der Waals surface area (Å²) in [5.74, 6) is 0. The van der Waals surface area contributed by atoms with Gasteiger partial charge >= 0.3 is 0 Å². The fourth-order valence-electron chi connectivity index (χ4n) is 1.86. The molecule has 0 N–H and O–H groups in total. The molecule has 0 saturated carbocycles. The molecule has 0 unspecified atom stereocenters. The molecular weight excluding hydrogens is 316 g/mol. The molecule has 2 rings (SSSR count). The molecule has 0 aromatic heterocycles. The Balaban J connectivity index is 2.29. The smallest absolute Gasteiger partial charge is 0.217 e.